The van der Waals surface area contributed by atoms with Crippen molar-refractivity contribution in [3.8, 4) is 0 Å². The Morgan fingerprint density at radius 1 is 1.12 bits per heavy atom. The quantitative estimate of drug-likeness (QED) is 0.849. The molecule has 0 spiro atoms. The zero-order valence-electron chi connectivity index (χ0n) is 11.1. The summed E-state index contributed by atoms with van der Waals surface area (Å²) in [6.07, 6.45) is 1.15. The molecule has 1 aliphatic rings. The van der Waals surface area contributed by atoms with Crippen molar-refractivity contribution in [2.75, 3.05) is 0 Å². The minimum Gasteiger partial charge on any atom is -0.326 e. The molecule has 0 aromatic heterocycles. The number of nitrogens with zero attached hydrogens (tertiary/aromatic N) is 1. The van der Waals surface area contributed by atoms with E-state index in [2.05, 4.69) is 56.0 Å². The minimum atomic E-state index is 0.310. The van der Waals surface area contributed by atoms with Crippen LogP contribution in [0.15, 0.2) is 30.3 Å². The predicted molar refractivity (Wildman–Crippen MR) is 72.7 cm³/mol. The largest absolute Gasteiger partial charge is 0.326 e. The first-order chi connectivity index (χ1) is 8.09. The third kappa shape index (κ3) is 2.70. The lowest BCUT2D eigenvalue weighted by Gasteiger charge is -2.46. The van der Waals surface area contributed by atoms with E-state index < -0.39 is 0 Å². The molecule has 2 N–H and O–H groups in total. The average molecular weight is 232 g/mol. The van der Waals surface area contributed by atoms with Gasteiger partial charge < -0.3 is 5.73 Å². The average Bonchev–Trinajstić information content (AvgIpc) is 2.33. The maximum absolute atomic E-state index is 6.23. The van der Waals surface area contributed by atoms with E-state index in [1.165, 1.54) is 5.56 Å². The van der Waals surface area contributed by atoms with Gasteiger partial charge in [-0.3, -0.25) is 4.90 Å². The van der Waals surface area contributed by atoms with Gasteiger partial charge in [-0.25, -0.2) is 0 Å². The highest BCUT2D eigenvalue weighted by atomic mass is 15.2. The van der Waals surface area contributed by atoms with Crippen molar-refractivity contribution >= 4 is 0 Å². The molecule has 0 saturated carbocycles. The van der Waals surface area contributed by atoms with Gasteiger partial charge in [-0.1, -0.05) is 37.3 Å². The van der Waals surface area contributed by atoms with Gasteiger partial charge in [-0.2, -0.15) is 0 Å². The molecule has 1 aromatic carbocycles. The predicted octanol–water partition coefficient (Wildman–Crippen LogP) is 2.63. The van der Waals surface area contributed by atoms with E-state index >= 15 is 0 Å². The number of nitrogens with two attached hydrogens (primary N) is 1. The van der Waals surface area contributed by atoms with E-state index in [1.807, 2.05) is 0 Å². The molecule has 0 bridgehead atoms. The van der Waals surface area contributed by atoms with Crippen molar-refractivity contribution in [3.05, 3.63) is 35.9 Å². The topological polar surface area (TPSA) is 29.3 Å². The van der Waals surface area contributed by atoms with E-state index in [4.69, 9.17) is 5.73 Å². The van der Waals surface area contributed by atoms with Crippen molar-refractivity contribution in [3.63, 3.8) is 0 Å². The molecule has 1 fully saturated rings. The molecule has 4 atom stereocenters. The van der Waals surface area contributed by atoms with Crippen molar-refractivity contribution in [1.82, 2.24) is 4.90 Å². The van der Waals surface area contributed by atoms with Crippen molar-refractivity contribution in [2.45, 2.75) is 51.9 Å². The molecule has 17 heavy (non-hydrogen) atoms. The van der Waals surface area contributed by atoms with Crippen molar-refractivity contribution in [1.29, 1.82) is 0 Å². The number of hydrogen-bond acceptors (Lipinski definition) is 2. The Bertz CT molecular complexity index is 335. The number of rotatable bonds is 2. The first-order valence-electron chi connectivity index (χ1n) is 6.65. The standard InChI is InChI=1S/C15H24N2/c1-11-9-15(16)13(3)17(12(11)2)10-14-7-5-4-6-8-14/h4-8,11-13,15H,9-10,16H2,1-3H3/t11-,12-,13+,15-/m1/s1. The van der Waals surface area contributed by atoms with Gasteiger partial charge in [0.25, 0.3) is 0 Å². The summed E-state index contributed by atoms with van der Waals surface area (Å²) in [6, 6.07) is 12.1. The van der Waals surface area contributed by atoms with Crippen LogP contribution in [-0.2, 0) is 6.54 Å². The molecular formula is C15H24N2. The highest BCUT2D eigenvalue weighted by Crippen LogP contribution is 2.28. The molecule has 1 saturated heterocycles. The van der Waals surface area contributed by atoms with Gasteiger partial charge in [-0.05, 0) is 31.7 Å². The van der Waals surface area contributed by atoms with Crippen LogP contribution in [-0.4, -0.2) is 23.0 Å². The van der Waals surface area contributed by atoms with E-state index in [0.717, 1.165) is 13.0 Å². The summed E-state index contributed by atoms with van der Waals surface area (Å²) >= 11 is 0. The summed E-state index contributed by atoms with van der Waals surface area (Å²) in [5, 5.41) is 0. The molecule has 1 heterocycles. The molecule has 0 amide bonds. The summed E-state index contributed by atoms with van der Waals surface area (Å²) in [4.78, 5) is 2.55. The molecule has 0 unspecified atom stereocenters. The monoisotopic (exact) mass is 232 g/mol. The number of likely N-dealkylation sites (tertiary alicyclic amines) is 1. The minimum absolute atomic E-state index is 0.310. The second-order valence-electron chi connectivity index (χ2n) is 5.52. The van der Waals surface area contributed by atoms with Crippen LogP contribution in [0.4, 0.5) is 0 Å². The summed E-state index contributed by atoms with van der Waals surface area (Å²) in [7, 11) is 0. The van der Waals surface area contributed by atoms with Crippen LogP contribution in [0.1, 0.15) is 32.8 Å². The molecular weight excluding hydrogens is 208 g/mol. The summed E-state index contributed by atoms with van der Waals surface area (Å²) in [6.45, 7) is 7.92. The normalized spacial score (nSPS) is 34.8. The van der Waals surface area contributed by atoms with E-state index in [-0.39, 0.29) is 0 Å². The molecule has 1 aromatic rings. The van der Waals surface area contributed by atoms with E-state index in [0.29, 0.717) is 24.0 Å². The first-order valence-corrected chi connectivity index (χ1v) is 6.65. The molecule has 0 aliphatic carbocycles. The Labute approximate surface area is 105 Å². The van der Waals surface area contributed by atoms with Crippen LogP contribution >= 0.6 is 0 Å². The lowest BCUT2D eigenvalue weighted by atomic mass is 9.84. The molecule has 1 aliphatic heterocycles. The van der Waals surface area contributed by atoms with Crippen LogP contribution in [0, 0.1) is 5.92 Å². The Hall–Kier alpha value is -0.860. The van der Waals surface area contributed by atoms with Gasteiger partial charge in [0.05, 0.1) is 0 Å². The number of piperidine rings is 1. The zero-order valence-corrected chi connectivity index (χ0v) is 11.1. The van der Waals surface area contributed by atoms with Gasteiger partial charge in [0.2, 0.25) is 0 Å². The molecule has 94 valence electrons. The van der Waals surface area contributed by atoms with Crippen LogP contribution in [0.3, 0.4) is 0 Å². The Morgan fingerprint density at radius 3 is 2.41 bits per heavy atom. The van der Waals surface area contributed by atoms with E-state index in [9.17, 15) is 0 Å². The Balaban J connectivity index is 2.12. The van der Waals surface area contributed by atoms with E-state index in [1.54, 1.807) is 0 Å². The first kappa shape index (κ1) is 12.6. The Morgan fingerprint density at radius 2 is 1.76 bits per heavy atom. The fourth-order valence-corrected chi connectivity index (χ4v) is 2.85. The fourth-order valence-electron chi connectivity index (χ4n) is 2.85. The molecule has 2 heteroatoms. The van der Waals surface area contributed by atoms with Crippen molar-refractivity contribution < 1.29 is 0 Å². The third-order valence-electron chi connectivity index (χ3n) is 4.34. The zero-order chi connectivity index (χ0) is 12.4. The lowest BCUT2D eigenvalue weighted by molar-refractivity contribution is 0.0425. The van der Waals surface area contributed by atoms with Gasteiger partial charge in [0.1, 0.15) is 0 Å². The lowest BCUT2D eigenvalue weighted by Crippen LogP contribution is -2.56. The highest BCUT2D eigenvalue weighted by Gasteiger charge is 2.34. The summed E-state index contributed by atoms with van der Waals surface area (Å²) in [5.74, 6) is 0.685. The molecule has 2 nitrogen and oxygen atoms in total. The second-order valence-corrected chi connectivity index (χ2v) is 5.52. The second kappa shape index (κ2) is 5.19. The summed E-state index contributed by atoms with van der Waals surface area (Å²) in [5.41, 5.74) is 7.62. The van der Waals surface area contributed by atoms with Crippen LogP contribution in [0.5, 0.6) is 0 Å². The summed E-state index contributed by atoms with van der Waals surface area (Å²) < 4.78 is 0. The number of benzene rings is 1. The van der Waals surface area contributed by atoms with Gasteiger partial charge in [0, 0.05) is 24.7 Å². The SMILES string of the molecule is C[C@@H]1C[C@@H](N)[C@H](C)N(Cc2ccccc2)[C@@H]1C. The van der Waals surface area contributed by atoms with Crippen LogP contribution < -0.4 is 5.73 Å². The van der Waals surface area contributed by atoms with Gasteiger partial charge in [0.15, 0.2) is 0 Å². The Kier molecular flexibility index (Phi) is 3.85. The maximum Gasteiger partial charge on any atom is 0.0240 e. The highest BCUT2D eigenvalue weighted by molar-refractivity contribution is 5.15. The van der Waals surface area contributed by atoms with Crippen molar-refractivity contribution in [2.24, 2.45) is 11.7 Å². The van der Waals surface area contributed by atoms with Gasteiger partial charge >= 0.3 is 0 Å². The maximum atomic E-state index is 6.23. The number of hydrogen-bond donors (Lipinski definition) is 1. The van der Waals surface area contributed by atoms with Crippen LogP contribution in [0.25, 0.3) is 0 Å². The molecule has 0 radical (unpaired) electrons. The van der Waals surface area contributed by atoms with Gasteiger partial charge in [-0.15, -0.1) is 0 Å². The van der Waals surface area contributed by atoms with Crippen LogP contribution in [0.2, 0.25) is 0 Å². The third-order valence-corrected chi connectivity index (χ3v) is 4.34. The molecule has 2 rings (SSSR count). The fraction of sp³-hybridized carbons (Fsp3) is 0.600. The smallest absolute Gasteiger partial charge is 0.0240 e.